The maximum Gasteiger partial charge on any atom is 0.416 e. The van der Waals surface area contributed by atoms with Gasteiger partial charge in [-0.25, -0.2) is 0 Å². The van der Waals surface area contributed by atoms with Crippen molar-refractivity contribution in [2.24, 2.45) is 7.05 Å². The van der Waals surface area contributed by atoms with Crippen molar-refractivity contribution in [1.29, 1.82) is 0 Å². The van der Waals surface area contributed by atoms with Crippen LogP contribution >= 0.6 is 0 Å². The summed E-state index contributed by atoms with van der Waals surface area (Å²) in [4.78, 5) is 0. The lowest BCUT2D eigenvalue weighted by atomic mass is 10.1. The van der Waals surface area contributed by atoms with Gasteiger partial charge >= 0.3 is 6.18 Å². The standard InChI is InChI=1S/C11H10F3N/c1-7-5-8(11(12,13)14)6-10-9(7)3-4-15(10)2/h3-6H,1-2H3. The number of aryl methyl sites for hydroxylation is 2. The molecular weight excluding hydrogens is 203 g/mol. The molecular formula is C11H10F3N. The van der Waals surface area contributed by atoms with Crippen molar-refractivity contribution in [3.63, 3.8) is 0 Å². The van der Waals surface area contributed by atoms with Gasteiger partial charge in [0.05, 0.1) is 5.56 Å². The summed E-state index contributed by atoms with van der Waals surface area (Å²) in [6.45, 7) is 1.69. The maximum absolute atomic E-state index is 12.5. The van der Waals surface area contributed by atoms with Gasteiger partial charge in [0.1, 0.15) is 0 Å². The number of hydrogen-bond donors (Lipinski definition) is 0. The number of halogens is 3. The Balaban J connectivity index is 2.76. The highest BCUT2D eigenvalue weighted by atomic mass is 19.4. The van der Waals surface area contributed by atoms with Crippen LogP contribution < -0.4 is 0 Å². The van der Waals surface area contributed by atoms with Gasteiger partial charge < -0.3 is 4.57 Å². The molecule has 80 valence electrons. The van der Waals surface area contributed by atoms with E-state index in [-0.39, 0.29) is 0 Å². The van der Waals surface area contributed by atoms with Crippen LogP contribution in [0.1, 0.15) is 11.1 Å². The third-order valence-corrected chi connectivity index (χ3v) is 2.54. The molecule has 2 aromatic rings. The van der Waals surface area contributed by atoms with E-state index in [9.17, 15) is 13.2 Å². The van der Waals surface area contributed by atoms with E-state index in [0.717, 1.165) is 5.39 Å². The second kappa shape index (κ2) is 3.02. The van der Waals surface area contributed by atoms with E-state index in [1.807, 2.05) is 6.07 Å². The zero-order valence-electron chi connectivity index (χ0n) is 8.39. The van der Waals surface area contributed by atoms with Gasteiger partial charge in [-0.05, 0) is 30.7 Å². The van der Waals surface area contributed by atoms with Gasteiger partial charge in [0.2, 0.25) is 0 Å². The summed E-state index contributed by atoms with van der Waals surface area (Å²) < 4.78 is 39.3. The molecule has 0 amide bonds. The molecule has 1 heterocycles. The molecule has 1 nitrogen and oxygen atoms in total. The summed E-state index contributed by atoms with van der Waals surface area (Å²) in [7, 11) is 1.74. The van der Waals surface area contributed by atoms with Crippen LogP contribution in [-0.4, -0.2) is 4.57 Å². The molecule has 0 spiro atoms. The van der Waals surface area contributed by atoms with E-state index in [2.05, 4.69) is 0 Å². The minimum Gasteiger partial charge on any atom is -0.351 e. The van der Waals surface area contributed by atoms with Crippen molar-refractivity contribution in [3.05, 3.63) is 35.5 Å². The number of alkyl halides is 3. The first kappa shape index (κ1) is 10.1. The average Bonchev–Trinajstić information content (AvgIpc) is 2.47. The fourth-order valence-corrected chi connectivity index (χ4v) is 1.72. The van der Waals surface area contributed by atoms with Gasteiger partial charge in [0, 0.05) is 24.1 Å². The topological polar surface area (TPSA) is 4.93 Å². The first-order chi connectivity index (χ1) is 6.89. The molecule has 0 unspecified atom stereocenters. The molecule has 1 aromatic carbocycles. The molecule has 1 aromatic heterocycles. The molecule has 0 saturated heterocycles. The van der Waals surface area contributed by atoms with Gasteiger partial charge in [-0.3, -0.25) is 0 Å². The van der Waals surface area contributed by atoms with E-state index < -0.39 is 11.7 Å². The highest BCUT2D eigenvalue weighted by molar-refractivity contribution is 5.84. The van der Waals surface area contributed by atoms with Crippen molar-refractivity contribution in [1.82, 2.24) is 4.57 Å². The second-order valence-electron chi connectivity index (χ2n) is 3.65. The number of fused-ring (bicyclic) bond motifs is 1. The Bertz CT molecular complexity index is 508. The number of rotatable bonds is 0. The number of nitrogens with zero attached hydrogens (tertiary/aromatic N) is 1. The van der Waals surface area contributed by atoms with Crippen LogP contribution in [0.5, 0.6) is 0 Å². The first-order valence-electron chi connectivity index (χ1n) is 4.52. The van der Waals surface area contributed by atoms with E-state index in [4.69, 9.17) is 0 Å². The SMILES string of the molecule is Cc1cc(C(F)(F)F)cc2c1ccn2C. The Morgan fingerprint density at radius 2 is 1.87 bits per heavy atom. The Morgan fingerprint density at radius 3 is 2.47 bits per heavy atom. The molecule has 0 radical (unpaired) electrons. The molecule has 2 rings (SSSR count). The van der Waals surface area contributed by atoms with Gasteiger partial charge in [0.15, 0.2) is 0 Å². The summed E-state index contributed by atoms with van der Waals surface area (Å²) in [5.41, 5.74) is 0.678. The fraction of sp³-hybridized carbons (Fsp3) is 0.273. The summed E-state index contributed by atoms with van der Waals surface area (Å²) in [6, 6.07) is 4.19. The van der Waals surface area contributed by atoms with E-state index >= 15 is 0 Å². The van der Waals surface area contributed by atoms with Gasteiger partial charge in [-0.15, -0.1) is 0 Å². The fourth-order valence-electron chi connectivity index (χ4n) is 1.72. The normalized spacial score (nSPS) is 12.3. The molecule has 0 aliphatic carbocycles. The largest absolute Gasteiger partial charge is 0.416 e. The Labute approximate surface area is 85.1 Å². The van der Waals surface area contributed by atoms with E-state index in [1.54, 1.807) is 24.7 Å². The lowest BCUT2D eigenvalue weighted by Crippen LogP contribution is -2.05. The quantitative estimate of drug-likeness (QED) is 0.631. The van der Waals surface area contributed by atoms with Crippen molar-refractivity contribution < 1.29 is 13.2 Å². The lowest BCUT2D eigenvalue weighted by molar-refractivity contribution is -0.137. The number of benzene rings is 1. The third-order valence-electron chi connectivity index (χ3n) is 2.54. The summed E-state index contributed by atoms with van der Waals surface area (Å²) in [5.74, 6) is 0. The first-order valence-corrected chi connectivity index (χ1v) is 4.52. The van der Waals surface area contributed by atoms with Crippen LogP contribution in [0.2, 0.25) is 0 Å². The van der Waals surface area contributed by atoms with Crippen LogP contribution in [-0.2, 0) is 13.2 Å². The second-order valence-corrected chi connectivity index (χ2v) is 3.65. The van der Waals surface area contributed by atoms with Crippen LogP contribution in [0.15, 0.2) is 24.4 Å². The van der Waals surface area contributed by atoms with Crippen LogP contribution in [0, 0.1) is 6.92 Å². The summed E-state index contributed by atoms with van der Waals surface area (Å²) in [6.07, 6.45) is -2.51. The minimum absolute atomic E-state index is 0.589. The predicted octanol–water partition coefficient (Wildman–Crippen LogP) is 3.51. The monoisotopic (exact) mass is 213 g/mol. The number of hydrogen-bond acceptors (Lipinski definition) is 0. The Hall–Kier alpha value is -1.45. The van der Waals surface area contributed by atoms with Crippen LogP contribution in [0.4, 0.5) is 13.2 Å². The zero-order chi connectivity index (χ0) is 11.2. The van der Waals surface area contributed by atoms with Crippen molar-refractivity contribution in [2.45, 2.75) is 13.1 Å². The molecule has 0 bridgehead atoms. The predicted molar refractivity (Wildman–Crippen MR) is 52.7 cm³/mol. The molecule has 0 atom stereocenters. The van der Waals surface area contributed by atoms with Gasteiger partial charge in [-0.2, -0.15) is 13.2 Å². The Kier molecular flexibility index (Phi) is 2.03. The van der Waals surface area contributed by atoms with E-state index in [0.29, 0.717) is 11.1 Å². The number of aromatic nitrogens is 1. The van der Waals surface area contributed by atoms with Crippen molar-refractivity contribution >= 4 is 10.9 Å². The molecule has 0 saturated carbocycles. The summed E-state index contributed by atoms with van der Waals surface area (Å²) >= 11 is 0. The molecule has 0 N–H and O–H groups in total. The zero-order valence-corrected chi connectivity index (χ0v) is 8.39. The molecule has 0 aliphatic heterocycles. The van der Waals surface area contributed by atoms with Crippen LogP contribution in [0.3, 0.4) is 0 Å². The van der Waals surface area contributed by atoms with Crippen molar-refractivity contribution in [3.8, 4) is 0 Å². The molecule has 0 fully saturated rings. The third kappa shape index (κ3) is 1.60. The minimum atomic E-state index is -4.27. The molecule has 15 heavy (non-hydrogen) atoms. The van der Waals surface area contributed by atoms with E-state index in [1.165, 1.54) is 12.1 Å². The maximum atomic E-state index is 12.5. The van der Waals surface area contributed by atoms with Crippen LogP contribution in [0.25, 0.3) is 10.9 Å². The van der Waals surface area contributed by atoms with Crippen molar-refractivity contribution in [2.75, 3.05) is 0 Å². The Morgan fingerprint density at radius 1 is 1.20 bits per heavy atom. The average molecular weight is 213 g/mol. The molecule has 0 aliphatic rings. The highest BCUT2D eigenvalue weighted by Crippen LogP contribution is 2.33. The highest BCUT2D eigenvalue weighted by Gasteiger charge is 2.31. The smallest absolute Gasteiger partial charge is 0.351 e. The van der Waals surface area contributed by atoms with Gasteiger partial charge in [-0.1, -0.05) is 0 Å². The van der Waals surface area contributed by atoms with Gasteiger partial charge in [0.25, 0.3) is 0 Å². The molecule has 4 heteroatoms. The lowest BCUT2D eigenvalue weighted by Gasteiger charge is -2.09. The summed E-state index contributed by atoms with van der Waals surface area (Å²) in [5, 5.41) is 0.866.